The van der Waals surface area contributed by atoms with E-state index in [2.05, 4.69) is 4.99 Å². The first-order valence-electron chi connectivity index (χ1n) is 7.14. The number of hydrogen-bond acceptors (Lipinski definition) is 6. The number of nitrogens with zero attached hydrogens (tertiary/aromatic N) is 1. The van der Waals surface area contributed by atoms with Gasteiger partial charge in [-0.1, -0.05) is 0 Å². The largest absolute Gasteiger partial charge is 0.507 e. The summed E-state index contributed by atoms with van der Waals surface area (Å²) in [5.74, 6) is -0.591. The highest BCUT2D eigenvalue weighted by Gasteiger charge is 2.40. The van der Waals surface area contributed by atoms with Gasteiger partial charge in [-0.25, -0.2) is 9.79 Å². The lowest BCUT2D eigenvalue weighted by atomic mass is 10.1. The van der Waals surface area contributed by atoms with E-state index in [1.807, 2.05) is 13.8 Å². The number of methoxy groups -OCH3 is 1. The molecular formula is C16H21NO6. The molecule has 0 aliphatic carbocycles. The molecule has 1 atom stereocenters. The maximum Gasteiger partial charge on any atom is 0.335 e. The Hall–Kier alpha value is -2.28. The fourth-order valence-corrected chi connectivity index (χ4v) is 1.84. The van der Waals surface area contributed by atoms with Crippen LogP contribution in [0.1, 0.15) is 26.3 Å². The number of phenolic OH excluding ortho intramolecular Hbond substituents is 1. The zero-order valence-corrected chi connectivity index (χ0v) is 13.6. The number of carboxylic acids is 1. The average molecular weight is 323 g/mol. The van der Waals surface area contributed by atoms with Gasteiger partial charge in [0.25, 0.3) is 0 Å². The van der Waals surface area contributed by atoms with Crippen molar-refractivity contribution in [3.05, 3.63) is 23.8 Å². The lowest BCUT2D eigenvalue weighted by Crippen LogP contribution is -2.34. The molecular weight excluding hydrogens is 302 g/mol. The monoisotopic (exact) mass is 323 g/mol. The quantitative estimate of drug-likeness (QED) is 0.828. The van der Waals surface area contributed by atoms with Crippen molar-refractivity contribution in [2.45, 2.75) is 31.9 Å². The van der Waals surface area contributed by atoms with Crippen molar-refractivity contribution in [2.24, 2.45) is 4.99 Å². The van der Waals surface area contributed by atoms with Crippen molar-refractivity contribution >= 4 is 11.9 Å². The Bertz CT molecular complexity index is 639. The van der Waals surface area contributed by atoms with Crippen LogP contribution in [0.25, 0.3) is 0 Å². The summed E-state index contributed by atoms with van der Waals surface area (Å²) in [5.41, 5.74) is -1.45. The van der Waals surface area contributed by atoms with E-state index in [0.29, 0.717) is 17.9 Å². The zero-order chi connectivity index (χ0) is 17.3. The number of ether oxygens (including phenoxy) is 3. The highest BCUT2D eigenvalue weighted by atomic mass is 16.5. The second kappa shape index (κ2) is 6.08. The minimum absolute atomic E-state index is 0.0720. The number of aromatic hydroxyl groups is 1. The van der Waals surface area contributed by atoms with Crippen molar-refractivity contribution in [2.75, 3.05) is 20.3 Å². The Kier molecular flexibility index (Phi) is 4.51. The summed E-state index contributed by atoms with van der Waals surface area (Å²) in [5, 5.41) is 19.3. The molecule has 1 aromatic rings. The summed E-state index contributed by atoms with van der Waals surface area (Å²) in [4.78, 5) is 15.2. The summed E-state index contributed by atoms with van der Waals surface area (Å²) in [6.45, 7) is 5.47. The number of aliphatic carboxylic acids is 1. The first-order valence-corrected chi connectivity index (χ1v) is 7.14. The van der Waals surface area contributed by atoms with Crippen LogP contribution in [0.2, 0.25) is 0 Å². The SMILES string of the molecule is COC(C)(C)COc1ccc(C2=NC(C)(C(=O)O)CO2)c(O)c1. The van der Waals surface area contributed by atoms with Crippen LogP contribution in [0.4, 0.5) is 0 Å². The Morgan fingerprint density at radius 1 is 1.48 bits per heavy atom. The number of carbonyl (C=O) groups is 1. The molecule has 0 bridgehead atoms. The van der Waals surface area contributed by atoms with E-state index in [1.54, 1.807) is 19.2 Å². The Morgan fingerprint density at radius 3 is 2.70 bits per heavy atom. The molecule has 1 unspecified atom stereocenters. The average Bonchev–Trinajstić information content (AvgIpc) is 2.89. The van der Waals surface area contributed by atoms with E-state index in [0.717, 1.165) is 0 Å². The predicted molar refractivity (Wildman–Crippen MR) is 83.2 cm³/mol. The topological polar surface area (TPSA) is 97.6 Å². The Morgan fingerprint density at radius 2 is 2.17 bits per heavy atom. The van der Waals surface area contributed by atoms with Crippen LogP contribution in [0.15, 0.2) is 23.2 Å². The summed E-state index contributed by atoms with van der Waals surface area (Å²) >= 11 is 0. The Labute approximate surface area is 134 Å². The van der Waals surface area contributed by atoms with Gasteiger partial charge in [0.15, 0.2) is 5.54 Å². The lowest BCUT2D eigenvalue weighted by Gasteiger charge is -2.23. The molecule has 126 valence electrons. The second-order valence-electron chi connectivity index (χ2n) is 6.22. The molecule has 1 heterocycles. The fraction of sp³-hybridized carbons (Fsp3) is 0.500. The first-order chi connectivity index (χ1) is 10.7. The molecule has 0 radical (unpaired) electrons. The van der Waals surface area contributed by atoms with Crippen LogP contribution in [0, 0.1) is 0 Å². The smallest absolute Gasteiger partial charge is 0.335 e. The molecule has 0 aromatic heterocycles. The van der Waals surface area contributed by atoms with E-state index in [9.17, 15) is 9.90 Å². The number of carboxylic acid groups (broad SMARTS) is 1. The van der Waals surface area contributed by atoms with Gasteiger partial charge in [-0.15, -0.1) is 0 Å². The van der Waals surface area contributed by atoms with E-state index in [-0.39, 0.29) is 18.3 Å². The van der Waals surface area contributed by atoms with Crippen molar-refractivity contribution in [3.8, 4) is 11.5 Å². The van der Waals surface area contributed by atoms with E-state index in [1.165, 1.54) is 13.0 Å². The van der Waals surface area contributed by atoms with E-state index >= 15 is 0 Å². The number of benzene rings is 1. The van der Waals surface area contributed by atoms with Crippen molar-refractivity contribution in [3.63, 3.8) is 0 Å². The molecule has 0 saturated carbocycles. The summed E-state index contributed by atoms with van der Waals surface area (Å²) in [7, 11) is 1.60. The third-order valence-corrected chi connectivity index (χ3v) is 3.64. The molecule has 0 fully saturated rings. The fourth-order valence-electron chi connectivity index (χ4n) is 1.84. The van der Waals surface area contributed by atoms with Gasteiger partial charge < -0.3 is 24.4 Å². The standard InChI is InChI=1S/C16H21NO6/c1-15(2,21-4)8-22-10-5-6-11(12(18)7-10)13-17-16(3,9-23-13)14(19)20/h5-7,18H,8-9H2,1-4H3,(H,19,20). The molecule has 7 heteroatoms. The molecule has 0 spiro atoms. The molecule has 1 aliphatic heterocycles. The van der Waals surface area contributed by atoms with Gasteiger partial charge >= 0.3 is 5.97 Å². The molecule has 2 N–H and O–H groups in total. The molecule has 0 saturated heterocycles. The highest BCUT2D eigenvalue weighted by Crippen LogP contribution is 2.29. The second-order valence-corrected chi connectivity index (χ2v) is 6.22. The Balaban J connectivity index is 2.16. The van der Waals surface area contributed by atoms with Crippen LogP contribution in [-0.4, -0.2) is 53.5 Å². The van der Waals surface area contributed by atoms with Crippen molar-refractivity contribution in [1.29, 1.82) is 0 Å². The normalized spacial score (nSPS) is 20.8. The van der Waals surface area contributed by atoms with Gasteiger partial charge in [-0.3, -0.25) is 0 Å². The molecule has 0 amide bonds. The maximum absolute atomic E-state index is 11.2. The van der Waals surface area contributed by atoms with Crippen LogP contribution in [0.3, 0.4) is 0 Å². The van der Waals surface area contributed by atoms with Gasteiger partial charge in [-0.2, -0.15) is 0 Å². The summed E-state index contributed by atoms with van der Waals surface area (Å²) < 4.78 is 16.2. The van der Waals surface area contributed by atoms with Crippen LogP contribution >= 0.6 is 0 Å². The molecule has 1 aromatic carbocycles. The van der Waals surface area contributed by atoms with Crippen LogP contribution in [-0.2, 0) is 14.3 Å². The predicted octanol–water partition coefficient (Wildman–Crippen LogP) is 1.82. The third-order valence-electron chi connectivity index (χ3n) is 3.64. The van der Waals surface area contributed by atoms with Gasteiger partial charge in [-0.05, 0) is 32.9 Å². The third kappa shape index (κ3) is 3.73. The van der Waals surface area contributed by atoms with Crippen molar-refractivity contribution in [1.82, 2.24) is 0 Å². The van der Waals surface area contributed by atoms with Crippen LogP contribution in [0.5, 0.6) is 11.5 Å². The summed E-state index contributed by atoms with van der Waals surface area (Å²) in [6, 6.07) is 4.67. The zero-order valence-electron chi connectivity index (χ0n) is 13.6. The molecule has 23 heavy (non-hydrogen) atoms. The lowest BCUT2D eigenvalue weighted by molar-refractivity contribution is -0.142. The molecule has 2 rings (SSSR count). The summed E-state index contributed by atoms with van der Waals surface area (Å²) in [6.07, 6.45) is 0. The van der Waals surface area contributed by atoms with Gasteiger partial charge in [0.05, 0.1) is 11.2 Å². The minimum atomic E-state index is -1.33. The molecule has 7 nitrogen and oxygen atoms in total. The van der Waals surface area contributed by atoms with Crippen molar-refractivity contribution < 1.29 is 29.2 Å². The van der Waals surface area contributed by atoms with Gasteiger partial charge in [0.1, 0.15) is 24.7 Å². The number of phenols is 1. The highest BCUT2D eigenvalue weighted by molar-refractivity contribution is 6.00. The molecule has 1 aliphatic rings. The number of hydrogen-bond donors (Lipinski definition) is 2. The minimum Gasteiger partial charge on any atom is -0.507 e. The van der Waals surface area contributed by atoms with E-state index in [4.69, 9.17) is 19.3 Å². The maximum atomic E-state index is 11.2. The van der Waals surface area contributed by atoms with Gasteiger partial charge in [0, 0.05) is 13.2 Å². The van der Waals surface area contributed by atoms with E-state index < -0.39 is 17.1 Å². The first kappa shape index (κ1) is 17.1. The number of rotatable bonds is 6. The van der Waals surface area contributed by atoms with Gasteiger partial charge in [0.2, 0.25) is 5.90 Å². The number of aliphatic imine (C=N–C) groups is 1. The van der Waals surface area contributed by atoms with Crippen LogP contribution < -0.4 is 4.74 Å².